The second-order valence-electron chi connectivity index (χ2n) is 2.89. The van der Waals surface area contributed by atoms with Crippen molar-refractivity contribution in [1.82, 2.24) is 0 Å². The van der Waals surface area contributed by atoms with Crippen molar-refractivity contribution < 1.29 is 19.0 Å². The fourth-order valence-corrected chi connectivity index (χ4v) is 1.44. The van der Waals surface area contributed by atoms with E-state index in [9.17, 15) is 4.79 Å². The summed E-state index contributed by atoms with van der Waals surface area (Å²) in [5, 5.41) is 0. The van der Waals surface area contributed by atoms with Gasteiger partial charge < -0.3 is 14.2 Å². The van der Waals surface area contributed by atoms with Crippen molar-refractivity contribution in [3.8, 4) is 11.5 Å². The zero-order valence-electron chi connectivity index (χ0n) is 9.16. The Kier molecular flexibility index (Phi) is 5.11. The average Bonchev–Trinajstić information content (AvgIpc) is 2.27. The Morgan fingerprint density at radius 2 is 2.12 bits per heavy atom. The van der Waals surface area contributed by atoms with Crippen molar-refractivity contribution in [1.29, 1.82) is 0 Å². The first-order valence-electron chi connectivity index (χ1n) is 4.79. The van der Waals surface area contributed by atoms with Gasteiger partial charge in [-0.15, -0.1) is 0 Å². The second kappa shape index (κ2) is 6.37. The summed E-state index contributed by atoms with van der Waals surface area (Å²) in [6, 6.07) is 5.30. The van der Waals surface area contributed by atoms with Crippen molar-refractivity contribution in [3.05, 3.63) is 22.7 Å². The fourth-order valence-electron chi connectivity index (χ4n) is 1.10. The number of carbonyl (C=O) groups excluding carboxylic acids is 1. The zero-order chi connectivity index (χ0) is 12.0. The van der Waals surface area contributed by atoms with Gasteiger partial charge in [-0.25, -0.2) is 4.79 Å². The molecule has 0 bridgehead atoms. The Hall–Kier alpha value is -1.23. The maximum absolute atomic E-state index is 11.1. The number of hydrogen-bond acceptors (Lipinski definition) is 4. The molecule has 0 spiro atoms. The normalized spacial score (nSPS) is 9.69. The standard InChI is InChI=1S/C11H13BrO4/c1-3-15-11(13)7-16-9-5-4-8(12)6-10(9)14-2/h4-6H,3,7H2,1-2H3. The predicted octanol–water partition coefficient (Wildman–Crippen LogP) is 2.40. The Morgan fingerprint density at radius 3 is 2.75 bits per heavy atom. The van der Waals surface area contributed by atoms with E-state index in [0.717, 1.165) is 4.47 Å². The number of benzene rings is 1. The molecule has 88 valence electrons. The molecule has 5 heteroatoms. The first kappa shape index (κ1) is 12.8. The molecule has 0 aliphatic heterocycles. The van der Waals surface area contributed by atoms with E-state index < -0.39 is 5.97 Å². The first-order valence-corrected chi connectivity index (χ1v) is 5.58. The van der Waals surface area contributed by atoms with Crippen LogP contribution < -0.4 is 9.47 Å². The third-order valence-corrected chi connectivity index (χ3v) is 2.27. The van der Waals surface area contributed by atoms with Gasteiger partial charge in [-0.1, -0.05) is 15.9 Å². The van der Waals surface area contributed by atoms with Gasteiger partial charge in [0.15, 0.2) is 18.1 Å². The summed E-state index contributed by atoms with van der Waals surface area (Å²) < 4.78 is 16.0. The van der Waals surface area contributed by atoms with Crippen LogP contribution in [0.3, 0.4) is 0 Å². The van der Waals surface area contributed by atoms with Crippen molar-refractivity contribution in [2.75, 3.05) is 20.3 Å². The van der Waals surface area contributed by atoms with E-state index in [1.54, 1.807) is 26.2 Å². The summed E-state index contributed by atoms with van der Waals surface area (Å²) in [7, 11) is 1.54. The van der Waals surface area contributed by atoms with Crippen LogP contribution in [0.2, 0.25) is 0 Å². The van der Waals surface area contributed by atoms with Crippen molar-refractivity contribution in [2.45, 2.75) is 6.92 Å². The Morgan fingerprint density at radius 1 is 1.38 bits per heavy atom. The van der Waals surface area contributed by atoms with Crippen LogP contribution in [-0.4, -0.2) is 26.3 Å². The third-order valence-electron chi connectivity index (χ3n) is 1.78. The molecule has 1 aromatic carbocycles. The van der Waals surface area contributed by atoms with Crippen LogP contribution in [0.25, 0.3) is 0 Å². The highest BCUT2D eigenvalue weighted by molar-refractivity contribution is 9.10. The van der Waals surface area contributed by atoms with Gasteiger partial charge in [-0.3, -0.25) is 0 Å². The molecular weight excluding hydrogens is 276 g/mol. The van der Waals surface area contributed by atoms with Crippen molar-refractivity contribution in [3.63, 3.8) is 0 Å². The second-order valence-corrected chi connectivity index (χ2v) is 3.80. The summed E-state index contributed by atoms with van der Waals surface area (Å²) in [6.07, 6.45) is 0. The van der Waals surface area contributed by atoms with E-state index in [0.29, 0.717) is 18.1 Å². The number of esters is 1. The van der Waals surface area contributed by atoms with Gasteiger partial charge in [0.25, 0.3) is 0 Å². The molecule has 0 saturated carbocycles. The predicted molar refractivity (Wildman–Crippen MR) is 62.8 cm³/mol. The Labute approximate surface area is 103 Å². The quantitative estimate of drug-likeness (QED) is 0.781. The minimum absolute atomic E-state index is 0.119. The highest BCUT2D eigenvalue weighted by Gasteiger charge is 2.08. The lowest BCUT2D eigenvalue weighted by atomic mass is 10.3. The molecule has 0 radical (unpaired) electrons. The van der Waals surface area contributed by atoms with Crippen LogP contribution in [0.5, 0.6) is 11.5 Å². The molecule has 16 heavy (non-hydrogen) atoms. The molecule has 0 fully saturated rings. The van der Waals surface area contributed by atoms with Gasteiger partial charge in [0, 0.05) is 4.47 Å². The maximum atomic E-state index is 11.1. The van der Waals surface area contributed by atoms with Gasteiger partial charge in [0.2, 0.25) is 0 Å². The topological polar surface area (TPSA) is 44.8 Å². The lowest BCUT2D eigenvalue weighted by Gasteiger charge is -2.10. The highest BCUT2D eigenvalue weighted by atomic mass is 79.9. The lowest BCUT2D eigenvalue weighted by molar-refractivity contribution is -0.145. The first-order chi connectivity index (χ1) is 7.67. The van der Waals surface area contributed by atoms with Gasteiger partial charge in [-0.05, 0) is 25.1 Å². The van der Waals surface area contributed by atoms with E-state index in [-0.39, 0.29) is 6.61 Å². The number of ether oxygens (including phenoxy) is 3. The van der Waals surface area contributed by atoms with Crippen molar-refractivity contribution >= 4 is 21.9 Å². The van der Waals surface area contributed by atoms with Crippen molar-refractivity contribution in [2.24, 2.45) is 0 Å². The average molecular weight is 289 g/mol. The molecule has 0 amide bonds. The highest BCUT2D eigenvalue weighted by Crippen LogP contribution is 2.30. The molecule has 0 aromatic heterocycles. The summed E-state index contributed by atoms with van der Waals surface area (Å²) in [4.78, 5) is 11.1. The molecule has 4 nitrogen and oxygen atoms in total. The van der Waals surface area contributed by atoms with Crippen LogP contribution >= 0.6 is 15.9 Å². The lowest BCUT2D eigenvalue weighted by Crippen LogP contribution is -2.14. The molecule has 0 heterocycles. The molecular formula is C11H13BrO4. The molecule has 0 aliphatic carbocycles. The number of carbonyl (C=O) groups is 1. The largest absolute Gasteiger partial charge is 0.493 e. The summed E-state index contributed by atoms with van der Waals surface area (Å²) in [5.41, 5.74) is 0. The molecule has 0 atom stereocenters. The van der Waals surface area contributed by atoms with Gasteiger partial charge in [0.1, 0.15) is 0 Å². The third kappa shape index (κ3) is 3.73. The van der Waals surface area contributed by atoms with Crippen LogP contribution in [0.4, 0.5) is 0 Å². The van der Waals surface area contributed by atoms with E-state index in [1.807, 2.05) is 6.07 Å². The van der Waals surface area contributed by atoms with Crippen LogP contribution in [0, 0.1) is 0 Å². The number of rotatable bonds is 5. The number of hydrogen-bond donors (Lipinski definition) is 0. The number of halogens is 1. The summed E-state index contributed by atoms with van der Waals surface area (Å²) in [6.45, 7) is 1.98. The Balaban J connectivity index is 2.63. The monoisotopic (exact) mass is 288 g/mol. The van der Waals surface area contributed by atoms with Gasteiger partial charge in [-0.2, -0.15) is 0 Å². The minimum Gasteiger partial charge on any atom is -0.493 e. The van der Waals surface area contributed by atoms with E-state index >= 15 is 0 Å². The molecule has 0 N–H and O–H groups in total. The fraction of sp³-hybridized carbons (Fsp3) is 0.364. The number of methoxy groups -OCH3 is 1. The minimum atomic E-state index is -0.396. The zero-order valence-corrected chi connectivity index (χ0v) is 10.7. The van der Waals surface area contributed by atoms with E-state index in [1.165, 1.54) is 0 Å². The SMILES string of the molecule is CCOC(=O)COc1ccc(Br)cc1OC. The molecule has 0 aliphatic rings. The molecule has 1 aromatic rings. The van der Waals surface area contributed by atoms with Crippen LogP contribution in [0.1, 0.15) is 6.92 Å². The van der Waals surface area contributed by atoms with E-state index in [4.69, 9.17) is 14.2 Å². The summed E-state index contributed by atoms with van der Waals surface area (Å²) in [5.74, 6) is 0.685. The van der Waals surface area contributed by atoms with E-state index in [2.05, 4.69) is 15.9 Å². The van der Waals surface area contributed by atoms with Crippen LogP contribution in [0.15, 0.2) is 22.7 Å². The molecule has 0 unspecified atom stereocenters. The smallest absolute Gasteiger partial charge is 0.344 e. The summed E-state index contributed by atoms with van der Waals surface area (Å²) >= 11 is 3.31. The maximum Gasteiger partial charge on any atom is 0.344 e. The molecule has 0 saturated heterocycles. The van der Waals surface area contributed by atoms with Gasteiger partial charge >= 0.3 is 5.97 Å². The van der Waals surface area contributed by atoms with Crippen LogP contribution in [-0.2, 0) is 9.53 Å². The Bertz CT molecular complexity index is 365. The van der Waals surface area contributed by atoms with Gasteiger partial charge in [0.05, 0.1) is 13.7 Å². The molecule has 1 rings (SSSR count).